The first-order valence-corrected chi connectivity index (χ1v) is 6.09. The first-order valence-electron chi connectivity index (χ1n) is 6.09. The van der Waals surface area contributed by atoms with Crippen LogP contribution >= 0.6 is 0 Å². The molecule has 0 saturated carbocycles. The highest BCUT2D eigenvalue weighted by Crippen LogP contribution is 2.28. The van der Waals surface area contributed by atoms with Gasteiger partial charge in [-0.1, -0.05) is 0 Å². The number of aromatic nitrogens is 2. The topological polar surface area (TPSA) is 84.5 Å². The van der Waals surface area contributed by atoms with E-state index in [1.807, 2.05) is 18.7 Å². The van der Waals surface area contributed by atoms with Gasteiger partial charge < -0.3 is 20.5 Å². The molecule has 0 aliphatic rings. The molecule has 1 aromatic heterocycles. The maximum absolute atomic E-state index is 9.89. The number of aliphatic hydroxyl groups is 1. The lowest BCUT2D eigenvalue weighted by Crippen LogP contribution is -2.39. The molecule has 0 unspecified atom stereocenters. The molecule has 0 aliphatic carbocycles. The number of nitrogens with zero attached hydrogens (tertiary/aromatic N) is 3. The van der Waals surface area contributed by atoms with Crippen LogP contribution in [-0.4, -0.2) is 40.4 Å². The summed E-state index contributed by atoms with van der Waals surface area (Å²) in [4.78, 5) is 10.1. The van der Waals surface area contributed by atoms with Crippen molar-refractivity contribution in [3.05, 3.63) is 6.33 Å². The molecule has 102 valence electrons. The quantitative estimate of drug-likeness (QED) is 0.789. The minimum Gasteiger partial charge on any atom is -0.476 e. The van der Waals surface area contributed by atoms with Crippen molar-refractivity contribution >= 4 is 11.5 Å². The summed E-state index contributed by atoms with van der Waals surface area (Å²) in [7, 11) is 0. The molecule has 1 heterocycles. The molecular weight excluding hydrogens is 232 g/mol. The average Bonchev–Trinajstić information content (AvgIpc) is 2.28. The lowest BCUT2D eigenvalue weighted by Gasteiger charge is -2.29. The van der Waals surface area contributed by atoms with Crippen LogP contribution in [0.1, 0.15) is 27.7 Å². The second kappa shape index (κ2) is 5.86. The van der Waals surface area contributed by atoms with Gasteiger partial charge in [0, 0.05) is 13.1 Å². The molecule has 0 fully saturated rings. The largest absolute Gasteiger partial charge is 0.476 e. The van der Waals surface area contributed by atoms with Crippen molar-refractivity contribution in [1.82, 2.24) is 9.97 Å². The van der Waals surface area contributed by atoms with Crippen LogP contribution in [0.15, 0.2) is 6.33 Å². The maximum atomic E-state index is 9.89. The van der Waals surface area contributed by atoms with E-state index in [2.05, 4.69) is 9.97 Å². The van der Waals surface area contributed by atoms with E-state index in [4.69, 9.17) is 10.5 Å². The van der Waals surface area contributed by atoms with Gasteiger partial charge in [-0.25, -0.2) is 4.98 Å². The molecular formula is C12H22N4O2. The molecule has 0 saturated heterocycles. The number of hydrogen-bond acceptors (Lipinski definition) is 6. The predicted molar refractivity (Wildman–Crippen MR) is 71.8 cm³/mol. The zero-order valence-electron chi connectivity index (χ0n) is 11.5. The van der Waals surface area contributed by atoms with E-state index < -0.39 is 5.60 Å². The summed E-state index contributed by atoms with van der Waals surface area (Å²) in [6.45, 7) is 8.97. The van der Waals surface area contributed by atoms with E-state index in [0.717, 1.165) is 0 Å². The van der Waals surface area contributed by atoms with Gasteiger partial charge in [0.15, 0.2) is 5.82 Å². The Labute approximate surface area is 108 Å². The fourth-order valence-electron chi connectivity index (χ4n) is 1.68. The molecule has 1 aromatic rings. The lowest BCUT2D eigenvalue weighted by atomic mass is 10.1. The number of likely N-dealkylation sites (N-methyl/N-ethyl adjacent to an activating group) is 1. The zero-order valence-corrected chi connectivity index (χ0v) is 11.5. The standard InChI is InChI=1S/C12H22N4O2/c1-5-16(7-12(3,4)17)10-9(13)11(18-6-2)15-8-14-10/h8,17H,5-7,13H2,1-4H3. The minimum absolute atomic E-state index is 0.386. The van der Waals surface area contributed by atoms with Gasteiger partial charge in [0.1, 0.15) is 12.0 Å². The van der Waals surface area contributed by atoms with Crippen molar-refractivity contribution in [2.24, 2.45) is 0 Å². The Balaban J connectivity index is 3.02. The third-order valence-electron chi connectivity index (χ3n) is 2.37. The van der Waals surface area contributed by atoms with Gasteiger partial charge in [-0.3, -0.25) is 0 Å². The number of rotatable bonds is 6. The van der Waals surface area contributed by atoms with Crippen molar-refractivity contribution in [1.29, 1.82) is 0 Å². The Morgan fingerprint density at radius 1 is 1.39 bits per heavy atom. The summed E-state index contributed by atoms with van der Waals surface area (Å²) < 4.78 is 5.34. The van der Waals surface area contributed by atoms with E-state index in [0.29, 0.717) is 37.1 Å². The summed E-state index contributed by atoms with van der Waals surface area (Å²) in [6.07, 6.45) is 1.42. The molecule has 0 atom stereocenters. The van der Waals surface area contributed by atoms with Crippen LogP contribution < -0.4 is 15.4 Å². The fourth-order valence-corrected chi connectivity index (χ4v) is 1.68. The zero-order chi connectivity index (χ0) is 13.8. The minimum atomic E-state index is -0.820. The average molecular weight is 254 g/mol. The second-order valence-corrected chi connectivity index (χ2v) is 4.68. The van der Waals surface area contributed by atoms with E-state index in [1.54, 1.807) is 13.8 Å². The van der Waals surface area contributed by atoms with Crippen molar-refractivity contribution in [2.75, 3.05) is 30.3 Å². The van der Waals surface area contributed by atoms with Crippen molar-refractivity contribution in [3.63, 3.8) is 0 Å². The van der Waals surface area contributed by atoms with Crippen LogP contribution in [0.25, 0.3) is 0 Å². The smallest absolute Gasteiger partial charge is 0.242 e. The Kier molecular flexibility index (Phi) is 4.72. The maximum Gasteiger partial charge on any atom is 0.242 e. The predicted octanol–water partition coefficient (Wildman–Crippen LogP) is 1.05. The number of nitrogen functional groups attached to an aromatic ring is 1. The van der Waals surface area contributed by atoms with E-state index in [9.17, 15) is 5.11 Å². The highest BCUT2D eigenvalue weighted by molar-refractivity contribution is 5.67. The molecule has 6 heteroatoms. The summed E-state index contributed by atoms with van der Waals surface area (Å²) in [5.74, 6) is 0.981. The van der Waals surface area contributed by atoms with Crippen LogP contribution in [0.4, 0.5) is 11.5 Å². The first-order chi connectivity index (χ1) is 8.39. The monoisotopic (exact) mass is 254 g/mol. The van der Waals surface area contributed by atoms with Crippen LogP contribution in [0.2, 0.25) is 0 Å². The van der Waals surface area contributed by atoms with Gasteiger partial charge in [0.25, 0.3) is 0 Å². The molecule has 0 aliphatic heterocycles. The van der Waals surface area contributed by atoms with Gasteiger partial charge in [-0.2, -0.15) is 4.98 Å². The Morgan fingerprint density at radius 2 is 2.06 bits per heavy atom. The molecule has 0 aromatic carbocycles. The normalized spacial score (nSPS) is 11.4. The number of hydrogen-bond donors (Lipinski definition) is 2. The molecule has 1 rings (SSSR count). The lowest BCUT2D eigenvalue weighted by molar-refractivity contribution is 0.0874. The highest BCUT2D eigenvalue weighted by atomic mass is 16.5. The van der Waals surface area contributed by atoms with Gasteiger partial charge in [0.2, 0.25) is 5.88 Å². The highest BCUT2D eigenvalue weighted by Gasteiger charge is 2.21. The molecule has 6 nitrogen and oxygen atoms in total. The van der Waals surface area contributed by atoms with Gasteiger partial charge in [0.05, 0.1) is 12.2 Å². The van der Waals surface area contributed by atoms with Crippen molar-refractivity contribution in [2.45, 2.75) is 33.3 Å². The van der Waals surface area contributed by atoms with Gasteiger partial charge in [-0.05, 0) is 27.7 Å². The second-order valence-electron chi connectivity index (χ2n) is 4.68. The molecule has 0 spiro atoms. The first kappa shape index (κ1) is 14.5. The molecule has 18 heavy (non-hydrogen) atoms. The summed E-state index contributed by atoms with van der Waals surface area (Å²) >= 11 is 0. The van der Waals surface area contributed by atoms with E-state index in [1.165, 1.54) is 6.33 Å². The third kappa shape index (κ3) is 3.73. The number of anilines is 2. The Hall–Kier alpha value is -1.56. The number of ether oxygens (including phenoxy) is 1. The fraction of sp³-hybridized carbons (Fsp3) is 0.667. The summed E-state index contributed by atoms with van der Waals surface area (Å²) in [5.41, 5.74) is 5.58. The molecule has 0 amide bonds. The third-order valence-corrected chi connectivity index (χ3v) is 2.37. The van der Waals surface area contributed by atoms with Gasteiger partial charge in [-0.15, -0.1) is 0 Å². The molecule has 3 N–H and O–H groups in total. The Morgan fingerprint density at radius 3 is 2.56 bits per heavy atom. The van der Waals surface area contributed by atoms with Crippen LogP contribution in [0, 0.1) is 0 Å². The van der Waals surface area contributed by atoms with Crippen molar-refractivity contribution in [3.8, 4) is 5.88 Å². The van der Waals surface area contributed by atoms with Crippen LogP contribution in [0.3, 0.4) is 0 Å². The molecule has 0 bridgehead atoms. The SMILES string of the molecule is CCOc1ncnc(N(CC)CC(C)(C)O)c1N. The van der Waals surface area contributed by atoms with Crippen molar-refractivity contribution < 1.29 is 9.84 Å². The van der Waals surface area contributed by atoms with Gasteiger partial charge >= 0.3 is 0 Å². The molecule has 0 radical (unpaired) electrons. The Bertz CT molecular complexity index is 390. The summed E-state index contributed by atoms with van der Waals surface area (Å²) in [5, 5.41) is 9.89. The van der Waals surface area contributed by atoms with Crippen LogP contribution in [-0.2, 0) is 0 Å². The van der Waals surface area contributed by atoms with Crippen LogP contribution in [0.5, 0.6) is 5.88 Å². The summed E-state index contributed by atoms with van der Waals surface area (Å²) in [6, 6.07) is 0. The van der Waals surface area contributed by atoms with E-state index in [-0.39, 0.29) is 0 Å². The number of nitrogens with two attached hydrogens (primary N) is 1. The van der Waals surface area contributed by atoms with E-state index >= 15 is 0 Å².